The average Bonchev–Trinajstić information content (AvgIpc) is 3.13. The third-order valence-electron chi connectivity index (χ3n) is 6.32. The van der Waals surface area contributed by atoms with Crippen LogP contribution in [0.2, 0.25) is 0 Å². The van der Waals surface area contributed by atoms with E-state index in [1.807, 2.05) is 6.07 Å². The number of fused-ring (bicyclic) bond motifs is 6. The van der Waals surface area contributed by atoms with Crippen LogP contribution in [0.4, 0.5) is 0 Å². The molecule has 2 aromatic carbocycles. The van der Waals surface area contributed by atoms with Gasteiger partial charge in [0.15, 0.2) is 23.0 Å². The molecule has 7 heteroatoms. The van der Waals surface area contributed by atoms with Crippen LogP contribution in [0.1, 0.15) is 24.2 Å². The van der Waals surface area contributed by atoms with Gasteiger partial charge in [0, 0.05) is 11.1 Å². The van der Waals surface area contributed by atoms with Gasteiger partial charge in [-0.3, -0.25) is 0 Å². The molecule has 1 aliphatic heterocycles. The Bertz CT molecular complexity index is 969. The van der Waals surface area contributed by atoms with E-state index in [0.717, 1.165) is 28.7 Å². The highest BCUT2D eigenvalue weighted by atomic mass is 16.5. The second-order valence-corrected chi connectivity index (χ2v) is 7.68. The van der Waals surface area contributed by atoms with Crippen molar-refractivity contribution >= 4 is 0 Å². The molecule has 1 N–H and O–H groups in total. The van der Waals surface area contributed by atoms with Gasteiger partial charge in [-0.1, -0.05) is 6.92 Å². The van der Waals surface area contributed by atoms with Gasteiger partial charge < -0.3 is 33.5 Å². The summed E-state index contributed by atoms with van der Waals surface area (Å²) in [7, 11) is 7.85. The van der Waals surface area contributed by atoms with Crippen LogP contribution in [0.3, 0.4) is 0 Å². The number of ether oxygens (including phenoxy) is 6. The number of phenols is 1. The predicted molar refractivity (Wildman–Crippen MR) is 111 cm³/mol. The molecule has 0 aromatic heterocycles. The van der Waals surface area contributed by atoms with Crippen molar-refractivity contribution in [1.29, 1.82) is 0 Å². The van der Waals surface area contributed by atoms with Gasteiger partial charge in [-0.15, -0.1) is 0 Å². The van der Waals surface area contributed by atoms with Crippen molar-refractivity contribution in [1.82, 2.24) is 0 Å². The van der Waals surface area contributed by atoms with Gasteiger partial charge in [0.2, 0.25) is 11.5 Å². The van der Waals surface area contributed by atoms with E-state index in [0.29, 0.717) is 35.5 Å². The molecule has 1 saturated heterocycles. The molecule has 30 heavy (non-hydrogen) atoms. The first-order chi connectivity index (χ1) is 14.5. The Kier molecular flexibility index (Phi) is 5.32. The molecule has 0 radical (unpaired) electrons. The van der Waals surface area contributed by atoms with Crippen LogP contribution >= 0.6 is 0 Å². The molecule has 162 valence electrons. The number of methoxy groups -OCH3 is 5. The first-order valence-corrected chi connectivity index (χ1v) is 9.92. The second kappa shape index (κ2) is 7.80. The number of hydrogen-bond donors (Lipinski definition) is 1. The Morgan fingerprint density at radius 1 is 0.833 bits per heavy atom. The molecule has 2 aliphatic rings. The molecular weight excluding hydrogens is 388 g/mol. The summed E-state index contributed by atoms with van der Waals surface area (Å²) in [6, 6.07) is 3.70. The topological polar surface area (TPSA) is 75.6 Å². The molecule has 2 aromatic rings. The molecule has 0 amide bonds. The number of phenolic OH excluding ortho intramolecular Hbond substituents is 1. The summed E-state index contributed by atoms with van der Waals surface area (Å²) < 4.78 is 34.6. The minimum absolute atomic E-state index is 0.0396. The summed E-state index contributed by atoms with van der Waals surface area (Å²) in [5.74, 6) is 2.93. The van der Waals surface area contributed by atoms with E-state index >= 15 is 0 Å². The first kappa shape index (κ1) is 20.5. The van der Waals surface area contributed by atoms with Gasteiger partial charge in [-0.05, 0) is 41.5 Å². The van der Waals surface area contributed by atoms with E-state index in [1.165, 1.54) is 7.11 Å². The van der Waals surface area contributed by atoms with Crippen LogP contribution in [0.25, 0.3) is 11.1 Å². The normalized spacial score (nSPS) is 21.7. The molecule has 1 aliphatic carbocycles. The van der Waals surface area contributed by atoms with Crippen molar-refractivity contribution in [3.8, 4) is 45.6 Å². The van der Waals surface area contributed by atoms with Gasteiger partial charge in [-0.25, -0.2) is 0 Å². The number of rotatable bonds is 5. The largest absolute Gasteiger partial charge is 0.504 e. The third-order valence-corrected chi connectivity index (χ3v) is 6.32. The average molecular weight is 416 g/mol. The zero-order chi connectivity index (χ0) is 21.6. The highest BCUT2D eigenvalue weighted by Gasteiger charge is 2.42. The standard InChI is InChI=1S/C23H28O7/c1-11-13-7-12-8-15(24)20(26-3)22(28-5)17(12)18-14(19(11)30-10-13)9-16(25-2)21(27-4)23(18)29-6/h8-9,11,13,19,24H,7,10H2,1-6H3. The molecule has 0 spiro atoms. The van der Waals surface area contributed by atoms with Crippen molar-refractivity contribution in [3.05, 3.63) is 23.3 Å². The first-order valence-electron chi connectivity index (χ1n) is 9.92. The lowest BCUT2D eigenvalue weighted by molar-refractivity contribution is 0.0935. The number of hydrogen-bond acceptors (Lipinski definition) is 7. The Labute approximate surface area is 176 Å². The molecule has 3 atom stereocenters. The van der Waals surface area contributed by atoms with Crippen LogP contribution in [0, 0.1) is 11.8 Å². The maximum atomic E-state index is 10.6. The summed E-state index contributed by atoms with van der Waals surface area (Å²) in [5.41, 5.74) is 3.49. The van der Waals surface area contributed by atoms with Crippen LogP contribution in [0.5, 0.6) is 34.5 Å². The van der Waals surface area contributed by atoms with Crippen molar-refractivity contribution in [3.63, 3.8) is 0 Å². The van der Waals surface area contributed by atoms with Crippen molar-refractivity contribution in [2.24, 2.45) is 11.8 Å². The Morgan fingerprint density at radius 2 is 1.47 bits per heavy atom. The van der Waals surface area contributed by atoms with E-state index in [2.05, 4.69) is 6.92 Å². The smallest absolute Gasteiger partial charge is 0.203 e. The zero-order valence-corrected chi connectivity index (χ0v) is 18.2. The van der Waals surface area contributed by atoms with Gasteiger partial charge >= 0.3 is 0 Å². The lowest BCUT2D eigenvalue weighted by Crippen LogP contribution is -2.18. The predicted octanol–water partition coefficient (Wildman–Crippen LogP) is 3.98. The van der Waals surface area contributed by atoms with Crippen molar-refractivity contribution < 1.29 is 33.5 Å². The fourth-order valence-electron chi connectivity index (χ4n) is 4.84. The highest BCUT2D eigenvalue weighted by molar-refractivity contribution is 5.88. The molecule has 4 rings (SSSR count). The van der Waals surface area contributed by atoms with E-state index in [9.17, 15) is 5.11 Å². The minimum Gasteiger partial charge on any atom is -0.504 e. The van der Waals surface area contributed by atoms with Crippen LogP contribution in [0.15, 0.2) is 12.1 Å². The highest BCUT2D eigenvalue weighted by Crippen LogP contribution is 2.58. The van der Waals surface area contributed by atoms with E-state index in [-0.39, 0.29) is 23.5 Å². The molecule has 1 heterocycles. The number of benzene rings is 2. The molecule has 3 unspecified atom stereocenters. The lowest BCUT2D eigenvalue weighted by atomic mass is 9.77. The summed E-state index contributed by atoms with van der Waals surface area (Å²) in [4.78, 5) is 0. The quantitative estimate of drug-likeness (QED) is 0.790. The van der Waals surface area contributed by atoms with Gasteiger partial charge in [-0.2, -0.15) is 0 Å². The lowest BCUT2D eigenvalue weighted by Gasteiger charge is -2.30. The van der Waals surface area contributed by atoms with Gasteiger partial charge in [0.1, 0.15) is 0 Å². The second-order valence-electron chi connectivity index (χ2n) is 7.68. The molecular formula is C23H28O7. The molecule has 7 nitrogen and oxygen atoms in total. The fraction of sp³-hybridized carbons (Fsp3) is 0.478. The maximum Gasteiger partial charge on any atom is 0.203 e. The van der Waals surface area contributed by atoms with Crippen molar-refractivity contribution in [2.45, 2.75) is 19.4 Å². The van der Waals surface area contributed by atoms with E-state index < -0.39 is 0 Å². The molecule has 0 saturated carbocycles. The Hall–Kier alpha value is -2.80. The van der Waals surface area contributed by atoms with E-state index in [4.69, 9.17) is 28.4 Å². The summed E-state index contributed by atoms with van der Waals surface area (Å²) in [5, 5.41) is 10.6. The maximum absolute atomic E-state index is 10.6. The molecule has 1 fully saturated rings. The SMILES string of the molecule is COc1cc2c(c(OC)c1OC)-c1c(cc(O)c(OC)c1OC)CC1COC2C1C. The summed E-state index contributed by atoms with van der Waals surface area (Å²) >= 11 is 0. The van der Waals surface area contributed by atoms with Crippen LogP contribution < -0.4 is 23.7 Å². The van der Waals surface area contributed by atoms with Gasteiger partial charge in [0.05, 0.1) is 48.3 Å². The van der Waals surface area contributed by atoms with Gasteiger partial charge in [0.25, 0.3) is 0 Å². The van der Waals surface area contributed by atoms with Crippen molar-refractivity contribution in [2.75, 3.05) is 42.2 Å². The van der Waals surface area contributed by atoms with E-state index in [1.54, 1.807) is 34.5 Å². The summed E-state index contributed by atoms with van der Waals surface area (Å²) in [6.07, 6.45) is 0.606. The number of aromatic hydroxyl groups is 1. The monoisotopic (exact) mass is 416 g/mol. The Morgan fingerprint density at radius 3 is 2.07 bits per heavy atom. The van der Waals surface area contributed by atoms with Crippen LogP contribution in [-0.2, 0) is 11.2 Å². The zero-order valence-electron chi connectivity index (χ0n) is 18.2. The summed E-state index contributed by atoms with van der Waals surface area (Å²) in [6.45, 7) is 2.83. The third kappa shape index (κ3) is 2.83. The molecule has 2 bridgehead atoms. The fourth-order valence-corrected chi connectivity index (χ4v) is 4.84. The van der Waals surface area contributed by atoms with Crippen LogP contribution in [-0.4, -0.2) is 47.3 Å². The minimum atomic E-state index is -0.128. The Balaban J connectivity index is 2.18.